The van der Waals surface area contributed by atoms with Crippen molar-refractivity contribution in [1.82, 2.24) is 10.3 Å². The molecule has 8 heteroatoms. The molecule has 150 valence electrons. The Kier molecular flexibility index (Phi) is 6.46. The van der Waals surface area contributed by atoms with E-state index < -0.39 is 0 Å². The second-order valence-corrected chi connectivity index (χ2v) is 6.96. The summed E-state index contributed by atoms with van der Waals surface area (Å²) >= 11 is 1.45. The molecule has 0 bridgehead atoms. The Morgan fingerprint density at radius 2 is 1.86 bits per heavy atom. The fourth-order valence-electron chi connectivity index (χ4n) is 2.74. The smallest absolute Gasteiger partial charge is 0.251 e. The van der Waals surface area contributed by atoms with Crippen molar-refractivity contribution in [3.05, 3.63) is 59.1 Å². The Labute approximate surface area is 172 Å². The summed E-state index contributed by atoms with van der Waals surface area (Å²) in [5.41, 5.74) is 2.60. The number of methoxy groups -OCH3 is 2. The van der Waals surface area contributed by atoms with Crippen molar-refractivity contribution in [1.29, 1.82) is 0 Å². The predicted octanol–water partition coefficient (Wildman–Crippen LogP) is 3.37. The molecule has 0 saturated carbocycles. The molecule has 1 heterocycles. The highest BCUT2D eigenvalue weighted by Gasteiger charge is 2.12. The number of ether oxygens (including phenoxy) is 2. The fourth-order valence-corrected chi connectivity index (χ4v) is 3.56. The number of thiazole rings is 1. The van der Waals surface area contributed by atoms with Crippen molar-refractivity contribution in [2.24, 2.45) is 0 Å². The lowest BCUT2D eigenvalue weighted by Gasteiger charge is -2.08. The molecule has 2 aromatic carbocycles. The minimum atomic E-state index is -0.208. The molecule has 1 aromatic heterocycles. The first-order valence-electron chi connectivity index (χ1n) is 8.83. The highest BCUT2D eigenvalue weighted by Crippen LogP contribution is 2.33. The summed E-state index contributed by atoms with van der Waals surface area (Å²) in [4.78, 5) is 28.6. The molecule has 0 aliphatic rings. The molecule has 7 nitrogen and oxygen atoms in total. The van der Waals surface area contributed by atoms with Crippen LogP contribution in [0.25, 0.3) is 10.6 Å². The van der Waals surface area contributed by atoms with Crippen LogP contribution in [0.15, 0.2) is 47.8 Å². The molecule has 0 aliphatic heterocycles. The van der Waals surface area contributed by atoms with Gasteiger partial charge in [0.1, 0.15) is 5.01 Å². The normalized spacial score (nSPS) is 10.3. The van der Waals surface area contributed by atoms with Crippen LogP contribution in [-0.2, 0) is 11.2 Å². The lowest BCUT2D eigenvalue weighted by Crippen LogP contribution is -2.19. The number of nitrogens with zero attached hydrogens (tertiary/aromatic N) is 1. The molecule has 3 aromatic rings. The first kappa shape index (κ1) is 20.3. The third-order valence-corrected chi connectivity index (χ3v) is 5.10. The Bertz CT molecular complexity index is 1030. The molecule has 2 N–H and O–H groups in total. The number of amides is 2. The largest absolute Gasteiger partial charge is 0.493 e. The van der Waals surface area contributed by atoms with Crippen LogP contribution in [0.1, 0.15) is 16.1 Å². The van der Waals surface area contributed by atoms with Gasteiger partial charge in [-0.05, 0) is 36.4 Å². The van der Waals surface area contributed by atoms with Gasteiger partial charge in [0.25, 0.3) is 5.91 Å². The Morgan fingerprint density at radius 1 is 1.07 bits per heavy atom. The number of benzene rings is 2. The molecule has 0 saturated heterocycles. The molecular formula is C21H21N3O4S. The van der Waals surface area contributed by atoms with Crippen molar-refractivity contribution in [2.45, 2.75) is 6.42 Å². The third kappa shape index (κ3) is 4.91. The summed E-state index contributed by atoms with van der Waals surface area (Å²) in [6.45, 7) is 0. The summed E-state index contributed by atoms with van der Waals surface area (Å²) < 4.78 is 10.6. The highest BCUT2D eigenvalue weighted by molar-refractivity contribution is 7.13. The number of hydrogen-bond acceptors (Lipinski definition) is 6. The van der Waals surface area contributed by atoms with E-state index in [0.717, 1.165) is 10.6 Å². The van der Waals surface area contributed by atoms with Gasteiger partial charge in [-0.25, -0.2) is 4.98 Å². The van der Waals surface area contributed by atoms with Crippen LogP contribution in [0.2, 0.25) is 0 Å². The van der Waals surface area contributed by atoms with Gasteiger partial charge < -0.3 is 20.1 Å². The van der Waals surface area contributed by atoms with Crippen LogP contribution in [0.3, 0.4) is 0 Å². The monoisotopic (exact) mass is 411 g/mol. The zero-order valence-electron chi connectivity index (χ0n) is 16.3. The topological polar surface area (TPSA) is 89.6 Å². The Balaban J connectivity index is 1.69. The quantitative estimate of drug-likeness (QED) is 0.622. The number of nitrogens with one attached hydrogen (secondary N) is 2. The van der Waals surface area contributed by atoms with Crippen LogP contribution >= 0.6 is 11.3 Å². The van der Waals surface area contributed by atoms with Gasteiger partial charge in [-0.2, -0.15) is 0 Å². The van der Waals surface area contributed by atoms with Crippen LogP contribution in [0.4, 0.5) is 5.69 Å². The molecule has 0 fully saturated rings. The molecule has 2 amide bonds. The van der Waals surface area contributed by atoms with Gasteiger partial charge in [-0.15, -0.1) is 11.3 Å². The fraction of sp³-hybridized carbons (Fsp3) is 0.190. The van der Waals surface area contributed by atoms with Gasteiger partial charge >= 0.3 is 0 Å². The Hall–Kier alpha value is -3.39. The van der Waals surface area contributed by atoms with E-state index in [1.54, 1.807) is 45.5 Å². The number of aromatic nitrogens is 1. The van der Waals surface area contributed by atoms with E-state index >= 15 is 0 Å². The second-order valence-electron chi connectivity index (χ2n) is 6.10. The first-order chi connectivity index (χ1) is 14.0. The van der Waals surface area contributed by atoms with E-state index in [0.29, 0.717) is 28.4 Å². The summed E-state index contributed by atoms with van der Waals surface area (Å²) in [7, 11) is 4.73. The van der Waals surface area contributed by atoms with Crippen molar-refractivity contribution >= 4 is 28.8 Å². The van der Waals surface area contributed by atoms with Crippen molar-refractivity contribution in [2.75, 3.05) is 26.6 Å². The van der Waals surface area contributed by atoms with Gasteiger partial charge in [0.2, 0.25) is 5.91 Å². The second kappa shape index (κ2) is 9.20. The van der Waals surface area contributed by atoms with Gasteiger partial charge in [0, 0.05) is 29.2 Å². The van der Waals surface area contributed by atoms with E-state index in [2.05, 4.69) is 15.6 Å². The average molecular weight is 411 g/mol. The van der Waals surface area contributed by atoms with Crippen LogP contribution in [0, 0.1) is 0 Å². The summed E-state index contributed by atoms with van der Waals surface area (Å²) in [6.07, 6.45) is 0.133. The molecule has 3 rings (SSSR count). The SMILES string of the molecule is CNC(=O)c1cccc(NC(=O)Cc2csc(-c3ccc(OC)c(OC)c3)n2)c1. The predicted molar refractivity (Wildman–Crippen MR) is 113 cm³/mol. The molecule has 0 unspecified atom stereocenters. The lowest BCUT2D eigenvalue weighted by atomic mass is 10.2. The molecule has 29 heavy (non-hydrogen) atoms. The minimum Gasteiger partial charge on any atom is -0.493 e. The summed E-state index contributed by atoms with van der Waals surface area (Å²) in [6, 6.07) is 12.3. The summed E-state index contributed by atoms with van der Waals surface area (Å²) in [5.74, 6) is 0.852. The maximum atomic E-state index is 12.4. The van der Waals surface area contributed by atoms with Crippen molar-refractivity contribution < 1.29 is 19.1 Å². The molecule has 0 spiro atoms. The van der Waals surface area contributed by atoms with E-state index in [1.165, 1.54) is 11.3 Å². The van der Waals surface area contributed by atoms with E-state index in [-0.39, 0.29) is 18.2 Å². The van der Waals surface area contributed by atoms with E-state index in [1.807, 2.05) is 23.6 Å². The minimum absolute atomic E-state index is 0.133. The van der Waals surface area contributed by atoms with Crippen molar-refractivity contribution in [3.63, 3.8) is 0 Å². The molecular weight excluding hydrogens is 390 g/mol. The zero-order chi connectivity index (χ0) is 20.8. The lowest BCUT2D eigenvalue weighted by molar-refractivity contribution is -0.115. The van der Waals surface area contributed by atoms with Crippen LogP contribution in [-0.4, -0.2) is 38.1 Å². The number of anilines is 1. The maximum absolute atomic E-state index is 12.4. The number of carbonyl (C=O) groups is 2. The van der Waals surface area contributed by atoms with E-state index in [9.17, 15) is 9.59 Å². The Morgan fingerprint density at radius 3 is 2.59 bits per heavy atom. The van der Waals surface area contributed by atoms with Gasteiger partial charge in [0.15, 0.2) is 11.5 Å². The number of rotatable bonds is 7. The number of hydrogen-bond donors (Lipinski definition) is 2. The number of carbonyl (C=O) groups excluding carboxylic acids is 2. The summed E-state index contributed by atoms with van der Waals surface area (Å²) in [5, 5.41) is 8.00. The van der Waals surface area contributed by atoms with Gasteiger partial charge in [-0.3, -0.25) is 9.59 Å². The van der Waals surface area contributed by atoms with Crippen molar-refractivity contribution in [3.8, 4) is 22.1 Å². The van der Waals surface area contributed by atoms with Gasteiger partial charge in [-0.1, -0.05) is 6.07 Å². The maximum Gasteiger partial charge on any atom is 0.251 e. The molecule has 0 aliphatic carbocycles. The van der Waals surface area contributed by atoms with Crippen LogP contribution < -0.4 is 20.1 Å². The van der Waals surface area contributed by atoms with Crippen LogP contribution in [0.5, 0.6) is 11.5 Å². The average Bonchev–Trinajstić information content (AvgIpc) is 3.20. The zero-order valence-corrected chi connectivity index (χ0v) is 17.1. The van der Waals surface area contributed by atoms with E-state index in [4.69, 9.17) is 9.47 Å². The standard InChI is InChI=1S/C21H21N3O4S/c1-22-20(26)13-5-4-6-15(9-13)23-19(25)11-16-12-29-21(24-16)14-7-8-17(27-2)18(10-14)28-3/h4-10,12H,11H2,1-3H3,(H,22,26)(H,23,25). The highest BCUT2D eigenvalue weighted by atomic mass is 32.1. The third-order valence-electron chi connectivity index (χ3n) is 4.16. The molecule has 0 atom stereocenters. The van der Waals surface area contributed by atoms with Gasteiger partial charge in [0.05, 0.1) is 26.3 Å². The molecule has 0 radical (unpaired) electrons. The first-order valence-corrected chi connectivity index (χ1v) is 9.70.